The fourth-order valence-electron chi connectivity index (χ4n) is 2.84. The van der Waals surface area contributed by atoms with Crippen molar-refractivity contribution < 1.29 is 4.74 Å². The van der Waals surface area contributed by atoms with Crippen LogP contribution in [0.4, 0.5) is 0 Å². The summed E-state index contributed by atoms with van der Waals surface area (Å²) in [7, 11) is 1.80. The van der Waals surface area contributed by atoms with Crippen LogP contribution >= 0.6 is 24.0 Å². The first-order chi connectivity index (χ1) is 10.7. The van der Waals surface area contributed by atoms with E-state index < -0.39 is 0 Å². The zero-order valence-corrected chi connectivity index (χ0v) is 16.2. The highest BCUT2D eigenvalue weighted by atomic mass is 127. The monoisotopic (exact) mass is 430 g/mol. The molecule has 0 radical (unpaired) electrons. The maximum atomic E-state index is 5.88. The van der Waals surface area contributed by atoms with E-state index in [0.717, 1.165) is 42.7 Å². The average Bonchev–Trinajstić information content (AvgIpc) is 3.00. The largest absolute Gasteiger partial charge is 0.474 e. The summed E-state index contributed by atoms with van der Waals surface area (Å²) >= 11 is 0. The molecule has 0 amide bonds. The molecule has 2 atom stereocenters. The highest BCUT2D eigenvalue weighted by molar-refractivity contribution is 14.0. The number of hydrogen-bond donors (Lipinski definition) is 2. The second-order valence-electron chi connectivity index (χ2n) is 6.42. The molecule has 23 heavy (non-hydrogen) atoms. The van der Waals surface area contributed by atoms with Crippen LogP contribution in [0.5, 0.6) is 5.88 Å². The van der Waals surface area contributed by atoms with Gasteiger partial charge in [-0.2, -0.15) is 0 Å². The van der Waals surface area contributed by atoms with Crippen LogP contribution in [0, 0.1) is 5.92 Å². The van der Waals surface area contributed by atoms with Crippen molar-refractivity contribution in [2.24, 2.45) is 10.9 Å². The molecule has 1 heterocycles. The number of ether oxygens (including phenoxy) is 1. The summed E-state index contributed by atoms with van der Waals surface area (Å²) in [5.41, 5.74) is 1.13. The van der Waals surface area contributed by atoms with E-state index in [2.05, 4.69) is 33.6 Å². The van der Waals surface area contributed by atoms with Crippen molar-refractivity contribution in [3.8, 4) is 5.88 Å². The Hall–Kier alpha value is -1.05. The summed E-state index contributed by atoms with van der Waals surface area (Å²) in [4.78, 5) is 8.66. The summed E-state index contributed by atoms with van der Waals surface area (Å²) in [6.45, 7) is 2.97. The van der Waals surface area contributed by atoms with Gasteiger partial charge in [0, 0.05) is 31.9 Å². The summed E-state index contributed by atoms with van der Waals surface area (Å²) in [5.74, 6) is 2.36. The van der Waals surface area contributed by atoms with Crippen LogP contribution in [0.25, 0.3) is 0 Å². The van der Waals surface area contributed by atoms with E-state index in [9.17, 15) is 0 Å². The quantitative estimate of drug-likeness (QED) is 0.428. The van der Waals surface area contributed by atoms with Gasteiger partial charge in [-0.25, -0.2) is 4.98 Å². The second-order valence-corrected chi connectivity index (χ2v) is 6.42. The molecule has 2 aliphatic carbocycles. The number of hydrogen-bond acceptors (Lipinski definition) is 3. The minimum Gasteiger partial charge on any atom is -0.474 e. The molecule has 0 spiro atoms. The van der Waals surface area contributed by atoms with Gasteiger partial charge in [0.05, 0.1) is 0 Å². The molecule has 5 nitrogen and oxygen atoms in total. The average molecular weight is 430 g/mol. The summed E-state index contributed by atoms with van der Waals surface area (Å²) < 4.78 is 5.88. The van der Waals surface area contributed by atoms with Crippen LogP contribution in [0.1, 0.15) is 44.6 Å². The van der Waals surface area contributed by atoms with E-state index in [1.165, 1.54) is 19.3 Å². The van der Waals surface area contributed by atoms with Crippen molar-refractivity contribution in [2.75, 3.05) is 7.05 Å². The topological polar surface area (TPSA) is 58.5 Å². The van der Waals surface area contributed by atoms with Gasteiger partial charge in [-0.05, 0) is 43.6 Å². The Bertz CT molecular complexity index is 514. The first-order valence-corrected chi connectivity index (χ1v) is 8.33. The Balaban J connectivity index is 0.00000192. The highest BCUT2D eigenvalue weighted by Crippen LogP contribution is 2.28. The number of aromatic nitrogens is 1. The van der Waals surface area contributed by atoms with Gasteiger partial charge in [0.2, 0.25) is 5.88 Å². The highest BCUT2D eigenvalue weighted by Gasteiger charge is 2.33. The normalized spacial score (nSPS) is 24.0. The number of aliphatic imine (C=N–C) groups is 1. The van der Waals surface area contributed by atoms with Crippen molar-refractivity contribution in [2.45, 2.75) is 57.7 Å². The number of nitrogens with one attached hydrogen (secondary N) is 2. The van der Waals surface area contributed by atoms with Crippen molar-refractivity contribution in [3.63, 3.8) is 0 Å². The minimum atomic E-state index is 0. The molecule has 1 aromatic rings. The summed E-state index contributed by atoms with van der Waals surface area (Å²) in [5, 5.41) is 6.74. The fraction of sp³-hybridized carbons (Fsp3) is 0.647. The van der Waals surface area contributed by atoms with Gasteiger partial charge < -0.3 is 15.4 Å². The van der Waals surface area contributed by atoms with Crippen LogP contribution < -0.4 is 15.4 Å². The lowest BCUT2D eigenvalue weighted by atomic mass is 10.3. The van der Waals surface area contributed by atoms with Crippen molar-refractivity contribution in [3.05, 3.63) is 23.9 Å². The van der Waals surface area contributed by atoms with Gasteiger partial charge in [-0.15, -0.1) is 24.0 Å². The molecular weight excluding hydrogens is 403 g/mol. The number of halogens is 1. The maximum Gasteiger partial charge on any atom is 0.213 e. The third-order valence-electron chi connectivity index (χ3n) is 4.50. The molecule has 2 unspecified atom stereocenters. The molecule has 0 aromatic carbocycles. The Morgan fingerprint density at radius 3 is 2.65 bits per heavy atom. The van der Waals surface area contributed by atoms with E-state index in [1.54, 1.807) is 7.05 Å². The summed E-state index contributed by atoms with van der Waals surface area (Å²) in [6.07, 6.45) is 8.34. The Morgan fingerprint density at radius 2 is 2.09 bits per heavy atom. The van der Waals surface area contributed by atoms with Gasteiger partial charge in [0.1, 0.15) is 6.10 Å². The molecule has 3 rings (SSSR count). The predicted molar refractivity (Wildman–Crippen MR) is 103 cm³/mol. The third-order valence-corrected chi connectivity index (χ3v) is 4.50. The van der Waals surface area contributed by atoms with Crippen LogP contribution in [-0.4, -0.2) is 30.1 Å². The molecule has 2 N–H and O–H groups in total. The standard InChI is InChI=1S/C17H26N4O.HI/c1-12-9-15(12)21-17(18-2)20-11-13-7-8-16(19-10-13)22-14-5-3-4-6-14;/h7-8,10,12,14-15H,3-6,9,11H2,1-2H3,(H2,18,20,21);1H. The van der Waals surface area contributed by atoms with Crippen LogP contribution in [0.15, 0.2) is 23.3 Å². The molecule has 2 saturated carbocycles. The van der Waals surface area contributed by atoms with Gasteiger partial charge in [-0.1, -0.05) is 13.0 Å². The fourth-order valence-corrected chi connectivity index (χ4v) is 2.84. The molecule has 1 aromatic heterocycles. The van der Waals surface area contributed by atoms with E-state index in [4.69, 9.17) is 4.74 Å². The molecule has 128 valence electrons. The summed E-state index contributed by atoms with van der Waals surface area (Å²) in [6, 6.07) is 4.61. The number of guanidine groups is 1. The van der Waals surface area contributed by atoms with Crippen LogP contribution in [0.2, 0.25) is 0 Å². The van der Waals surface area contributed by atoms with E-state index in [0.29, 0.717) is 12.1 Å². The molecule has 6 heteroatoms. The zero-order chi connectivity index (χ0) is 15.4. The van der Waals surface area contributed by atoms with Crippen molar-refractivity contribution in [1.82, 2.24) is 15.6 Å². The van der Waals surface area contributed by atoms with Crippen LogP contribution in [0.3, 0.4) is 0 Å². The van der Waals surface area contributed by atoms with Crippen molar-refractivity contribution >= 4 is 29.9 Å². The minimum absolute atomic E-state index is 0. The predicted octanol–water partition coefficient (Wildman–Crippen LogP) is 3.09. The molecule has 0 saturated heterocycles. The van der Waals surface area contributed by atoms with E-state index in [1.807, 2.05) is 12.3 Å². The van der Waals surface area contributed by atoms with Gasteiger partial charge in [0.25, 0.3) is 0 Å². The third kappa shape index (κ3) is 5.51. The second kappa shape index (κ2) is 8.70. The number of nitrogens with zero attached hydrogens (tertiary/aromatic N) is 2. The molecule has 2 fully saturated rings. The van der Waals surface area contributed by atoms with E-state index >= 15 is 0 Å². The lowest BCUT2D eigenvalue weighted by Gasteiger charge is -2.13. The lowest BCUT2D eigenvalue weighted by molar-refractivity contribution is 0.201. The molecule has 2 aliphatic rings. The molecule has 0 aliphatic heterocycles. The Morgan fingerprint density at radius 1 is 1.35 bits per heavy atom. The molecular formula is C17H27IN4O. The van der Waals surface area contributed by atoms with Crippen molar-refractivity contribution in [1.29, 1.82) is 0 Å². The van der Waals surface area contributed by atoms with Gasteiger partial charge in [0.15, 0.2) is 5.96 Å². The first kappa shape index (κ1) is 18.3. The first-order valence-electron chi connectivity index (χ1n) is 8.33. The van der Waals surface area contributed by atoms with E-state index in [-0.39, 0.29) is 24.0 Å². The number of pyridine rings is 1. The SMILES string of the molecule is CN=C(NCc1ccc(OC2CCCC2)nc1)NC1CC1C.I. The zero-order valence-electron chi connectivity index (χ0n) is 13.9. The smallest absolute Gasteiger partial charge is 0.213 e. The van der Waals surface area contributed by atoms with Gasteiger partial charge >= 0.3 is 0 Å². The maximum absolute atomic E-state index is 5.88. The van der Waals surface area contributed by atoms with Gasteiger partial charge in [-0.3, -0.25) is 4.99 Å². The number of rotatable bonds is 5. The Kier molecular flexibility index (Phi) is 6.92. The lowest BCUT2D eigenvalue weighted by Crippen LogP contribution is -2.38. The Labute approximate surface area is 155 Å². The van der Waals surface area contributed by atoms with Crippen LogP contribution in [-0.2, 0) is 6.54 Å². The molecule has 0 bridgehead atoms.